The highest BCUT2D eigenvalue weighted by atomic mass is 16.5. The number of carbonyl (C=O) groups excluding carboxylic acids is 1. The zero-order valence-electron chi connectivity index (χ0n) is 14.1. The van der Waals surface area contributed by atoms with Crippen LogP contribution in [-0.4, -0.2) is 38.9 Å². The number of nitrogens with one attached hydrogen (secondary N) is 1. The molecule has 0 bridgehead atoms. The molecule has 2 aromatic rings. The van der Waals surface area contributed by atoms with Crippen LogP contribution in [0, 0.1) is 5.92 Å². The van der Waals surface area contributed by atoms with Crippen molar-refractivity contribution in [3.8, 4) is 11.5 Å². The van der Waals surface area contributed by atoms with Crippen LogP contribution < -0.4 is 14.8 Å². The van der Waals surface area contributed by atoms with Crippen molar-refractivity contribution < 1.29 is 14.3 Å². The molecule has 25 heavy (non-hydrogen) atoms. The average Bonchev–Trinajstić information content (AvgIpc) is 3.27. The molecule has 2 heterocycles. The van der Waals surface area contributed by atoms with E-state index in [2.05, 4.69) is 22.4 Å². The van der Waals surface area contributed by atoms with Gasteiger partial charge in [-0.2, -0.15) is 0 Å². The lowest BCUT2D eigenvalue weighted by Gasteiger charge is -2.20. The van der Waals surface area contributed by atoms with Crippen molar-refractivity contribution in [2.45, 2.75) is 5.92 Å². The Balaban J connectivity index is 1.43. The number of aliphatic imine (C=N–C) groups is 1. The number of carbonyl (C=O) groups is 1. The highest BCUT2D eigenvalue weighted by Crippen LogP contribution is 2.30. The Morgan fingerprint density at radius 2 is 1.92 bits per heavy atom. The Labute approximate surface area is 146 Å². The second-order valence-electron chi connectivity index (χ2n) is 6.42. The Kier molecular flexibility index (Phi) is 4.24. The molecular weight excluding hydrogens is 316 g/mol. The molecule has 0 unspecified atom stereocenters. The fourth-order valence-electron chi connectivity index (χ4n) is 3.47. The molecular formula is C20H20N2O3. The molecule has 5 heteroatoms. The van der Waals surface area contributed by atoms with Crippen LogP contribution in [0.1, 0.15) is 27.4 Å². The van der Waals surface area contributed by atoms with Crippen LogP contribution in [0.25, 0.3) is 0 Å². The first-order chi connectivity index (χ1) is 12.2. The number of nitrogens with zero attached hydrogens (tertiary/aromatic N) is 1. The Morgan fingerprint density at radius 3 is 2.72 bits per heavy atom. The summed E-state index contributed by atoms with van der Waals surface area (Å²) in [5, 5.41) is 3.45. The molecule has 1 amide bonds. The van der Waals surface area contributed by atoms with Crippen molar-refractivity contribution in [2.75, 3.05) is 26.8 Å². The fourth-order valence-corrected chi connectivity index (χ4v) is 3.47. The van der Waals surface area contributed by atoms with Gasteiger partial charge in [0.05, 0.1) is 19.3 Å². The van der Waals surface area contributed by atoms with E-state index in [1.165, 1.54) is 5.56 Å². The van der Waals surface area contributed by atoms with Gasteiger partial charge >= 0.3 is 0 Å². The number of rotatable bonds is 5. The van der Waals surface area contributed by atoms with E-state index in [0.29, 0.717) is 24.0 Å². The third-order valence-corrected chi connectivity index (χ3v) is 4.92. The minimum absolute atomic E-state index is 0.195. The van der Waals surface area contributed by atoms with E-state index in [0.717, 1.165) is 30.2 Å². The van der Waals surface area contributed by atoms with E-state index in [9.17, 15) is 4.79 Å². The topological polar surface area (TPSA) is 59.9 Å². The smallest absolute Gasteiger partial charge is 0.277 e. The number of ether oxygens (including phenoxy) is 2. The minimum atomic E-state index is -0.195. The summed E-state index contributed by atoms with van der Waals surface area (Å²) in [4.78, 5) is 15.5. The van der Waals surface area contributed by atoms with E-state index >= 15 is 0 Å². The Hall–Kier alpha value is -2.66. The molecule has 1 fully saturated rings. The van der Waals surface area contributed by atoms with Crippen LogP contribution in [0.2, 0.25) is 0 Å². The van der Waals surface area contributed by atoms with Gasteiger partial charge in [0.1, 0.15) is 11.5 Å². The van der Waals surface area contributed by atoms with Crippen LogP contribution in [0.5, 0.6) is 11.5 Å². The van der Waals surface area contributed by atoms with E-state index in [4.69, 9.17) is 9.47 Å². The van der Waals surface area contributed by atoms with Crippen LogP contribution in [0.3, 0.4) is 0 Å². The maximum Gasteiger partial charge on any atom is 0.277 e. The second kappa shape index (κ2) is 6.69. The summed E-state index contributed by atoms with van der Waals surface area (Å²) in [6, 6.07) is 13.8. The monoisotopic (exact) mass is 336 g/mol. The van der Waals surface area contributed by atoms with Crippen LogP contribution in [0.15, 0.2) is 47.5 Å². The van der Waals surface area contributed by atoms with Gasteiger partial charge in [-0.15, -0.1) is 0 Å². The predicted molar refractivity (Wildman–Crippen MR) is 96.0 cm³/mol. The number of hydrogen-bond donors (Lipinski definition) is 1. The van der Waals surface area contributed by atoms with Crippen molar-refractivity contribution in [1.29, 1.82) is 0 Å². The Bertz CT molecular complexity index is 814. The Morgan fingerprint density at radius 1 is 1.12 bits per heavy atom. The predicted octanol–water partition coefficient (Wildman–Crippen LogP) is 2.65. The lowest BCUT2D eigenvalue weighted by Crippen LogP contribution is -2.19. The summed E-state index contributed by atoms with van der Waals surface area (Å²) >= 11 is 0. The van der Waals surface area contributed by atoms with Crippen molar-refractivity contribution in [1.82, 2.24) is 5.32 Å². The molecule has 2 aromatic carbocycles. The number of methoxy groups -OCH3 is 1. The summed E-state index contributed by atoms with van der Waals surface area (Å²) < 4.78 is 11.2. The van der Waals surface area contributed by atoms with Crippen molar-refractivity contribution in [2.24, 2.45) is 10.9 Å². The van der Waals surface area contributed by atoms with Gasteiger partial charge in [0.2, 0.25) is 0 Å². The standard InChI is InChI=1S/C20H20N2O3/c1-24-16-5-2-13(3-6-16)19-11-21-9-15(19)12-25-17-7-4-14-10-22-20(23)18(14)8-17/h2-8,10,15,19,21H,9,11-12H2,1H3/t15-,19+/m1/s1. The first kappa shape index (κ1) is 15.8. The van der Waals surface area contributed by atoms with Gasteiger partial charge in [-0.05, 0) is 35.9 Å². The molecule has 4 rings (SSSR count). The molecule has 1 N–H and O–H groups in total. The summed E-state index contributed by atoms with van der Waals surface area (Å²) in [6.07, 6.45) is 1.60. The van der Waals surface area contributed by atoms with Crippen LogP contribution in [-0.2, 0) is 0 Å². The molecule has 5 nitrogen and oxygen atoms in total. The SMILES string of the molecule is COc1ccc([C@@H]2CNC[C@@H]2COc2ccc3c(c2)C(=O)N=C3)cc1. The van der Waals surface area contributed by atoms with Crippen LogP contribution >= 0.6 is 0 Å². The maximum atomic E-state index is 11.7. The molecule has 0 aromatic heterocycles. The van der Waals surface area contributed by atoms with Crippen LogP contribution in [0.4, 0.5) is 0 Å². The van der Waals surface area contributed by atoms with Crippen molar-refractivity contribution >= 4 is 12.1 Å². The van der Waals surface area contributed by atoms with E-state index < -0.39 is 0 Å². The molecule has 2 aliphatic heterocycles. The molecule has 0 saturated carbocycles. The molecule has 1 saturated heterocycles. The number of benzene rings is 2. The summed E-state index contributed by atoms with van der Waals surface area (Å²) in [7, 11) is 1.68. The minimum Gasteiger partial charge on any atom is -0.497 e. The average molecular weight is 336 g/mol. The second-order valence-corrected chi connectivity index (χ2v) is 6.42. The fraction of sp³-hybridized carbons (Fsp3) is 0.300. The third kappa shape index (κ3) is 3.15. The van der Waals surface area contributed by atoms with Crippen molar-refractivity contribution in [3.63, 3.8) is 0 Å². The first-order valence-corrected chi connectivity index (χ1v) is 8.44. The van der Waals surface area contributed by atoms with Gasteiger partial charge in [0, 0.05) is 36.7 Å². The molecule has 0 radical (unpaired) electrons. The van der Waals surface area contributed by atoms with Gasteiger partial charge in [-0.25, -0.2) is 4.99 Å². The summed E-state index contributed by atoms with van der Waals surface area (Å²) in [6.45, 7) is 2.47. The quantitative estimate of drug-likeness (QED) is 0.912. The number of hydrogen-bond acceptors (Lipinski definition) is 4. The number of fused-ring (bicyclic) bond motifs is 1. The van der Waals surface area contributed by atoms with E-state index in [-0.39, 0.29) is 5.91 Å². The van der Waals surface area contributed by atoms with E-state index in [1.54, 1.807) is 19.4 Å². The molecule has 0 aliphatic carbocycles. The van der Waals surface area contributed by atoms with Gasteiger partial charge in [0.25, 0.3) is 5.91 Å². The van der Waals surface area contributed by atoms with Gasteiger partial charge < -0.3 is 14.8 Å². The lowest BCUT2D eigenvalue weighted by atomic mass is 9.89. The highest BCUT2D eigenvalue weighted by Gasteiger charge is 2.29. The normalized spacial score (nSPS) is 21.4. The summed E-state index contributed by atoms with van der Waals surface area (Å²) in [5.41, 5.74) is 2.77. The molecule has 128 valence electrons. The lowest BCUT2D eigenvalue weighted by molar-refractivity contribution is 0.101. The molecule has 0 spiro atoms. The summed E-state index contributed by atoms with van der Waals surface area (Å²) in [5.74, 6) is 2.18. The number of amides is 1. The zero-order valence-corrected chi connectivity index (χ0v) is 14.1. The van der Waals surface area contributed by atoms with Gasteiger partial charge in [-0.3, -0.25) is 4.79 Å². The van der Waals surface area contributed by atoms with Crippen molar-refractivity contribution in [3.05, 3.63) is 59.2 Å². The van der Waals surface area contributed by atoms with Gasteiger partial charge in [0.15, 0.2) is 0 Å². The van der Waals surface area contributed by atoms with Gasteiger partial charge in [-0.1, -0.05) is 12.1 Å². The molecule has 2 atom stereocenters. The van der Waals surface area contributed by atoms with E-state index in [1.807, 2.05) is 24.3 Å². The largest absolute Gasteiger partial charge is 0.497 e. The first-order valence-electron chi connectivity index (χ1n) is 8.44. The highest BCUT2D eigenvalue weighted by molar-refractivity contribution is 6.13. The maximum absolute atomic E-state index is 11.7. The zero-order chi connectivity index (χ0) is 17.2. The third-order valence-electron chi connectivity index (χ3n) is 4.92. The molecule has 2 aliphatic rings.